The number of benzene rings is 1. The summed E-state index contributed by atoms with van der Waals surface area (Å²) in [5.41, 5.74) is 6.50. The topological polar surface area (TPSA) is 89.2 Å². The van der Waals surface area contributed by atoms with Crippen molar-refractivity contribution in [3.05, 3.63) is 47.7 Å². The van der Waals surface area contributed by atoms with Crippen molar-refractivity contribution in [1.29, 1.82) is 0 Å². The first-order chi connectivity index (χ1) is 10.2. The number of carbonyl (C=O) groups excluding carboxylic acids is 2. The predicted octanol–water partition coefficient (Wildman–Crippen LogP) is 1.45. The fourth-order valence-corrected chi connectivity index (χ4v) is 2.86. The molecule has 1 aromatic heterocycles. The molecule has 0 aliphatic carbocycles. The number of aromatic nitrogens is 2. The molecule has 6 nitrogen and oxygen atoms in total. The Labute approximate surface area is 125 Å². The lowest BCUT2D eigenvalue weighted by Gasteiger charge is -2.12. The Morgan fingerprint density at radius 1 is 1.10 bits per heavy atom. The van der Waals surface area contributed by atoms with Gasteiger partial charge in [0, 0.05) is 18.5 Å². The molecule has 2 amide bonds. The molecule has 2 heterocycles. The van der Waals surface area contributed by atoms with E-state index in [1.165, 1.54) is 16.7 Å². The smallest absolute Gasteiger partial charge is 0.261 e. The molecule has 0 fully saturated rings. The first-order valence-electron chi connectivity index (χ1n) is 6.33. The number of thioether (sulfide) groups is 1. The Morgan fingerprint density at radius 2 is 1.76 bits per heavy atom. The highest BCUT2D eigenvalue weighted by atomic mass is 32.2. The van der Waals surface area contributed by atoms with Crippen LogP contribution in [0.2, 0.25) is 0 Å². The summed E-state index contributed by atoms with van der Waals surface area (Å²) in [7, 11) is 0. The van der Waals surface area contributed by atoms with Gasteiger partial charge in [-0.15, -0.1) is 0 Å². The van der Waals surface area contributed by atoms with Crippen LogP contribution in [0.1, 0.15) is 20.7 Å². The fourth-order valence-electron chi connectivity index (χ4n) is 2.09. The minimum atomic E-state index is -0.246. The number of nitrogens with zero attached hydrogens (tertiary/aromatic N) is 3. The Hall–Kier alpha value is -2.41. The molecule has 7 heteroatoms. The third kappa shape index (κ3) is 2.59. The van der Waals surface area contributed by atoms with E-state index in [0.29, 0.717) is 34.4 Å². The SMILES string of the molecule is Nc1ccnc(SCCN2C(=O)c3ccccc3C2=O)n1. The maximum atomic E-state index is 12.1. The van der Waals surface area contributed by atoms with Gasteiger partial charge >= 0.3 is 0 Å². The van der Waals surface area contributed by atoms with Crippen LogP contribution in [0.5, 0.6) is 0 Å². The van der Waals surface area contributed by atoms with Crippen LogP contribution < -0.4 is 5.73 Å². The number of nitrogen functional groups attached to an aromatic ring is 1. The quantitative estimate of drug-likeness (QED) is 0.522. The van der Waals surface area contributed by atoms with Crippen LogP contribution >= 0.6 is 11.8 Å². The summed E-state index contributed by atoms with van der Waals surface area (Å²) in [6.07, 6.45) is 1.58. The minimum absolute atomic E-state index is 0.246. The second kappa shape index (κ2) is 5.53. The second-order valence-electron chi connectivity index (χ2n) is 4.42. The second-order valence-corrected chi connectivity index (χ2v) is 5.48. The molecule has 106 valence electrons. The van der Waals surface area contributed by atoms with Crippen LogP contribution in [-0.4, -0.2) is 39.0 Å². The van der Waals surface area contributed by atoms with Gasteiger partial charge in [-0.1, -0.05) is 23.9 Å². The van der Waals surface area contributed by atoms with Crippen LogP contribution in [0.3, 0.4) is 0 Å². The summed E-state index contributed by atoms with van der Waals surface area (Å²) >= 11 is 1.36. The summed E-state index contributed by atoms with van der Waals surface area (Å²) < 4.78 is 0. The maximum Gasteiger partial charge on any atom is 0.261 e. The van der Waals surface area contributed by atoms with Gasteiger partial charge in [-0.3, -0.25) is 14.5 Å². The molecule has 0 saturated carbocycles. The highest BCUT2D eigenvalue weighted by molar-refractivity contribution is 7.99. The number of fused-ring (bicyclic) bond motifs is 1. The summed E-state index contributed by atoms with van der Waals surface area (Å²) in [4.78, 5) is 33.7. The molecule has 3 rings (SSSR count). The van der Waals surface area contributed by atoms with Crippen molar-refractivity contribution >= 4 is 29.4 Å². The van der Waals surface area contributed by atoms with E-state index in [1.54, 1.807) is 36.5 Å². The summed E-state index contributed by atoms with van der Waals surface area (Å²) in [6.45, 7) is 0.315. The van der Waals surface area contributed by atoms with Gasteiger partial charge in [-0.05, 0) is 18.2 Å². The number of hydrogen-bond acceptors (Lipinski definition) is 6. The molecule has 0 spiro atoms. The molecule has 1 aromatic carbocycles. The van der Waals surface area contributed by atoms with Crippen molar-refractivity contribution in [2.75, 3.05) is 18.0 Å². The van der Waals surface area contributed by atoms with Gasteiger partial charge in [-0.25, -0.2) is 9.97 Å². The lowest BCUT2D eigenvalue weighted by molar-refractivity contribution is 0.0664. The van der Waals surface area contributed by atoms with Crippen molar-refractivity contribution in [1.82, 2.24) is 14.9 Å². The highest BCUT2D eigenvalue weighted by Gasteiger charge is 2.34. The van der Waals surface area contributed by atoms with Crippen LogP contribution in [0, 0.1) is 0 Å². The molecule has 2 N–H and O–H groups in total. The number of nitrogens with two attached hydrogens (primary N) is 1. The number of imide groups is 1. The Morgan fingerprint density at radius 3 is 2.38 bits per heavy atom. The van der Waals surface area contributed by atoms with E-state index in [2.05, 4.69) is 9.97 Å². The van der Waals surface area contributed by atoms with Gasteiger partial charge in [0.25, 0.3) is 11.8 Å². The van der Waals surface area contributed by atoms with Crippen molar-refractivity contribution in [3.63, 3.8) is 0 Å². The highest BCUT2D eigenvalue weighted by Crippen LogP contribution is 2.23. The zero-order valence-electron chi connectivity index (χ0n) is 11.0. The van der Waals surface area contributed by atoms with Gasteiger partial charge in [0.15, 0.2) is 5.16 Å². The van der Waals surface area contributed by atoms with E-state index in [0.717, 1.165) is 0 Å². The minimum Gasteiger partial charge on any atom is -0.384 e. The first-order valence-corrected chi connectivity index (χ1v) is 7.32. The van der Waals surface area contributed by atoms with Gasteiger partial charge in [-0.2, -0.15) is 0 Å². The third-order valence-electron chi connectivity index (χ3n) is 3.08. The van der Waals surface area contributed by atoms with E-state index in [4.69, 9.17) is 5.73 Å². The fraction of sp³-hybridized carbons (Fsp3) is 0.143. The molecule has 2 aromatic rings. The molecule has 1 aliphatic rings. The summed E-state index contributed by atoms with van der Waals surface area (Å²) in [5.74, 6) is 0.428. The summed E-state index contributed by atoms with van der Waals surface area (Å²) in [6, 6.07) is 8.45. The Bertz CT molecular complexity index is 685. The lowest BCUT2D eigenvalue weighted by atomic mass is 10.1. The molecule has 1 aliphatic heterocycles. The van der Waals surface area contributed by atoms with E-state index < -0.39 is 0 Å². The van der Waals surface area contributed by atoms with E-state index in [-0.39, 0.29) is 11.8 Å². The molecular formula is C14H12N4O2S. The van der Waals surface area contributed by atoms with Crippen LogP contribution in [-0.2, 0) is 0 Å². The van der Waals surface area contributed by atoms with Crippen LogP contribution in [0.25, 0.3) is 0 Å². The standard InChI is InChI=1S/C14H12N4O2S/c15-11-5-6-16-14(17-11)21-8-7-18-12(19)9-3-1-2-4-10(9)13(18)20/h1-6H,7-8H2,(H2,15,16,17). The largest absolute Gasteiger partial charge is 0.384 e. The normalized spacial score (nSPS) is 13.6. The number of hydrogen-bond donors (Lipinski definition) is 1. The van der Waals surface area contributed by atoms with E-state index in [9.17, 15) is 9.59 Å². The zero-order valence-corrected chi connectivity index (χ0v) is 11.8. The van der Waals surface area contributed by atoms with Crippen LogP contribution in [0.15, 0.2) is 41.7 Å². The molecular weight excluding hydrogens is 288 g/mol. The van der Waals surface area contributed by atoms with Crippen molar-refractivity contribution in [2.24, 2.45) is 0 Å². The van der Waals surface area contributed by atoms with Crippen molar-refractivity contribution < 1.29 is 9.59 Å². The third-order valence-corrected chi connectivity index (χ3v) is 3.92. The van der Waals surface area contributed by atoms with Crippen LogP contribution in [0.4, 0.5) is 5.82 Å². The van der Waals surface area contributed by atoms with Crippen molar-refractivity contribution in [3.8, 4) is 0 Å². The zero-order chi connectivity index (χ0) is 14.8. The number of amides is 2. The molecule has 21 heavy (non-hydrogen) atoms. The number of rotatable bonds is 4. The average molecular weight is 300 g/mol. The first kappa shape index (κ1) is 13.6. The molecule has 0 unspecified atom stereocenters. The van der Waals surface area contributed by atoms with Gasteiger partial charge in [0.1, 0.15) is 5.82 Å². The molecule has 0 radical (unpaired) electrons. The lowest BCUT2D eigenvalue weighted by Crippen LogP contribution is -2.31. The Kier molecular flexibility index (Phi) is 3.57. The predicted molar refractivity (Wildman–Crippen MR) is 79.0 cm³/mol. The molecule has 0 atom stereocenters. The van der Waals surface area contributed by atoms with Crippen molar-refractivity contribution in [2.45, 2.75) is 5.16 Å². The van der Waals surface area contributed by atoms with E-state index in [1.807, 2.05) is 0 Å². The van der Waals surface area contributed by atoms with Gasteiger partial charge in [0.05, 0.1) is 11.1 Å². The molecule has 0 saturated heterocycles. The average Bonchev–Trinajstić information content (AvgIpc) is 2.73. The Balaban J connectivity index is 1.65. The maximum absolute atomic E-state index is 12.1. The number of carbonyl (C=O) groups is 2. The number of anilines is 1. The molecule has 0 bridgehead atoms. The summed E-state index contributed by atoms with van der Waals surface area (Å²) in [5, 5.41) is 0.534. The van der Waals surface area contributed by atoms with Gasteiger partial charge < -0.3 is 5.73 Å². The van der Waals surface area contributed by atoms with E-state index >= 15 is 0 Å². The van der Waals surface area contributed by atoms with Gasteiger partial charge in [0.2, 0.25) is 0 Å². The monoisotopic (exact) mass is 300 g/mol.